The summed E-state index contributed by atoms with van der Waals surface area (Å²) in [6.07, 6.45) is 6.68. The van der Waals surface area contributed by atoms with Crippen molar-refractivity contribution in [1.82, 2.24) is 0 Å². The Morgan fingerprint density at radius 3 is 2.54 bits per heavy atom. The van der Waals surface area contributed by atoms with E-state index in [-0.39, 0.29) is 46.6 Å². The van der Waals surface area contributed by atoms with Crippen LogP contribution < -0.4 is 0 Å². The Hall–Kier alpha value is -1.05. The molecule has 0 spiro atoms. The van der Waals surface area contributed by atoms with Crippen LogP contribution in [-0.2, 0) is 14.3 Å². The highest BCUT2D eigenvalue weighted by Crippen LogP contribution is 2.67. The SMILES string of the molecule is CC(=O)C(O)(C(C)C)[C@H]1O[C@H](O)[C@@H]2[C@H]1O[C@H]1C=C3C4=C(CC[C@]3(C)[C@@H]21)[C@@]1(C)CC[C@H](O)CC1CC4. The maximum atomic E-state index is 12.5. The minimum Gasteiger partial charge on any atom is -0.393 e. The lowest BCUT2D eigenvalue weighted by molar-refractivity contribution is -0.201. The lowest BCUT2D eigenvalue weighted by atomic mass is 9.51. The first-order valence-electron chi connectivity index (χ1n) is 13.8. The smallest absolute Gasteiger partial charge is 0.164 e. The number of hydrogen-bond donors (Lipinski definition) is 3. The van der Waals surface area contributed by atoms with Gasteiger partial charge in [-0.15, -0.1) is 0 Å². The minimum absolute atomic E-state index is 0.0682. The topological polar surface area (TPSA) is 96.2 Å². The van der Waals surface area contributed by atoms with Gasteiger partial charge in [-0.25, -0.2) is 0 Å². The first-order chi connectivity index (χ1) is 16.4. The van der Waals surface area contributed by atoms with Crippen molar-refractivity contribution in [3.63, 3.8) is 0 Å². The number of aliphatic hydroxyl groups excluding tert-OH is 2. The fourth-order valence-corrected chi connectivity index (χ4v) is 9.36. The van der Waals surface area contributed by atoms with Crippen molar-refractivity contribution in [2.24, 2.45) is 34.5 Å². The highest BCUT2D eigenvalue weighted by atomic mass is 16.7. The molecule has 3 N–H and O–H groups in total. The van der Waals surface area contributed by atoms with Crippen molar-refractivity contribution in [2.45, 2.75) is 116 Å². The number of ether oxygens (including phenoxy) is 2. The summed E-state index contributed by atoms with van der Waals surface area (Å²) in [6, 6.07) is 0. The molecule has 0 aromatic rings. The zero-order valence-electron chi connectivity index (χ0n) is 21.8. The molecule has 194 valence electrons. The van der Waals surface area contributed by atoms with Crippen LogP contribution in [-0.4, -0.2) is 57.4 Å². The predicted molar refractivity (Wildman–Crippen MR) is 130 cm³/mol. The molecule has 35 heavy (non-hydrogen) atoms. The standard InChI is InChI=1S/C29H42O6/c1-14(2)29(33,15(3)30)25-24-22(26(32)35-25)23-21(34-24)13-20-18-7-6-16-12-17(31)8-10-27(16,4)19(18)9-11-28(20,23)5/h13-14,16-17,21-26,31-33H,6-12H2,1-5H3/t16?,17-,21-,22-,23+,24+,25-,26-,27-,28-,29?/m0/s1. The number of carbonyl (C=O) groups excluding carboxylic acids is 1. The zero-order chi connectivity index (χ0) is 25.1. The second kappa shape index (κ2) is 7.73. The Kier molecular flexibility index (Phi) is 5.37. The molecule has 2 aliphatic heterocycles. The largest absolute Gasteiger partial charge is 0.393 e. The van der Waals surface area contributed by atoms with Crippen molar-refractivity contribution in [3.05, 3.63) is 22.8 Å². The van der Waals surface area contributed by atoms with E-state index < -0.39 is 24.1 Å². The Bertz CT molecular complexity index is 999. The van der Waals surface area contributed by atoms with E-state index in [2.05, 4.69) is 19.9 Å². The van der Waals surface area contributed by atoms with Crippen LogP contribution in [0.15, 0.2) is 22.8 Å². The van der Waals surface area contributed by atoms with Crippen molar-refractivity contribution in [3.8, 4) is 0 Å². The molecule has 4 aliphatic carbocycles. The number of ketones is 1. The van der Waals surface area contributed by atoms with Crippen molar-refractivity contribution in [1.29, 1.82) is 0 Å². The maximum absolute atomic E-state index is 12.5. The summed E-state index contributed by atoms with van der Waals surface area (Å²) in [7, 11) is 0. The van der Waals surface area contributed by atoms with E-state index in [1.807, 2.05) is 13.8 Å². The summed E-state index contributed by atoms with van der Waals surface area (Å²) in [5.41, 5.74) is 2.88. The Labute approximate surface area is 208 Å². The highest BCUT2D eigenvalue weighted by Gasteiger charge is 2.68. The summed E-state index contributed by atoms with van der Waals surface area (Å²) in [5.74, 6) is -0.342. The van der Waals surface area contributed by atoms with E-state index in [4.69, 9.17) is 9.47 Å². The van der Waals surface area contributed by atoms with E-state index in [0.29, 0.717) is 5.92 Å². The molecular weight excluding hydrogens is 444 g/mol. The van der Waals surface area contributed by atoms with Gasteiger partial charge in [0.05, 0.1) is 18.3 Å². The average Bonchev–Trinajstić information content (AvgIpc) is 3.41. The number of fused-ring (bicyclic) bond motifs is 8. The molecule has 2 unspecified atom stereocenters. The number of carbonyl (C=O) groups is 1. The molecule has 11 atom stereocenters. The summed E-state index contributed by atoms with van der Waals surface area (Å²) in [4.78, 5) is 12.5. The van der Waals surface area contributed by atoms with Gasteiger partial charge < -0.3 is 24.8 Å². The summed E-state index contributed by atoms with van der Waals surface area (Å²) < 4.78 is 12.5. The third kappa shape index (κ3) is 3.04. The second-order valence-electron chi connectivity index (χ2n) is 13.2. The zero-order valence-corrected chi connectivity index (χ0v) is 21.8. The number of hydrogen-bond acceptors (Lipinski definition) is 6. The molecule has 0 bridgehead atoms. The maximum Gasteiger partial charge on any atom is 0.164 e. The summed E-state index contributed by atoms with van der Waals surface area (Å²) in [6.45, 7) is 9.79. The molecule has 1 saturated carbocycles. The van der Waals surface area contributed by atoms with Crippen LogP contribution in [0.1, 0.15) is 79.6 Å². The van der Waals surface area contributed by atoms with Gasteiger partial charge in [0.1, 0.15) is 6.10 Å². The van der Waals surface area contributed by atoms with E-state index in [0.717, 1.165) is 44.9 Å². The number of Topliss-reactive ketones (excluding diaryl/α,β-unsaturated/α-hetero) is 1. The Balaban J connectivity index is 1.36. The third-order valence-corrected chi connectivity index (χ3v) is 11.4. The quantitative estimate of drug-likeness (QED) is 0.563. The Morgan fingerprint density at radius 2 is 1.86 bits per heavy atom. The van der Waals surface area contributed by atoms with Crippen molar-refractivity contribution < 1.29 is 29.6 Å². The molecule has 6 heteroatoms. The molecular formula is C29H42O6. The van der Waals surface area contributed by atoms with Gasteiger partial charge in [0, 0.05) is 11.8 Å². The van der Waals surface area contributed by atoms with Gasteiger partial charge in [-0.1, -0.05) is 39.3 Å². The number of aliphatic hydroxyl groups is 3. The molecule has 2 saturated heterocycles. The first-order valence-corrected chi connectivity index (χ1v) is 13.8. The molecule has 6 aliphatic rings. The third-order valence-electron chi connectivity index (χ3n) is 11.4. The van der Waals surface area contributed by atoms with Crippen molar-refractivity contribution >= 4 is 5.78 Å². The van der Waals surface area contributed by atoms with E-state index in [1.165, 1.54) is 18.1 Å². The van der Waals surface area contributed by atoms with Crippen LogP contribution in [0.4, 0.5) is 0 Å². The predicted octanol–water partition coefficient (Wildman–Crippen LogP) is 3.68. The lowest BCUT2D eigenvalue weighted by Gasteiger charge is -2.53. The molecule has 2 heterocycles. The fourth-order valence-electron chi connectivity index (χ4n) is 9.36. The minimum atomic E-state index is -1.69. The first kappa shape index (κ1) is 24.3. The van der Waals surface area contributed by atoms with E-state index in [9.17, 15) is 20.1 Å². The average molecular weight is 487 g/mol. The Morgan fingerprint density at radius 1 is 1.11 bits per heavy atom. The molecule has 0 aromatic carbocycles. The van der Waals surface area contributed by atoms with Gasteiger partial charge in [-0.2, -0.15) is 0 Å². The van der Waals surface area contributed by atoms with Crippen LogP contribution in [0.3, 0.4) is 0 Å². The highest BCUT2D eigenvalue weighted by molar-refractivity contribution is 5.86. The van der Waals surface area contributed by atoms with Gasteiger partial charge in [-0.05, 0) is 85.7 Å². The van der Waals surface area contributed by atoms with E-state index >= 15 is 0 Å². The normalized spacial score (nSPS) is 50.1. The number of allylic oxidation sites excluding steroid dienone is 3. The monoisotopic (exact) mass is 486 g/mol. The van der Waals surface area contributed by atoms with Crippen LogP contribution in [0.2, 0.25) is 0 Å². The van der Waals surface area contributed by atoms with Crippen LogP contribution >= 0.6 is 0 Å². The van der Waals surface area contributed by atoms with Gasteiger partial charge in [0.15, 0.2) is 17.7 Å². The number of rotatable bonds is 3. The molecule has 3 fully saturated rings. The van der Waals surface area contributed by atoms with Crippen molar-refractivity contribution in [2.75, 3.05) is 0 Å². The van der Waals surface area contributed by atoms with Gasteiger partial charge in [0.25, 0.3) is 0 Å². The van der Waals surface area contributed by atoms with Crippen LogP contribution in [0.5, 0.6) is 0 Å². The summed E-state index contributed by atoms with van der Waals surface area (Å²) >= 11 is 0. The van der Waals surface area contributed by atoms with E-state index in [1.54, 1.807) is 5.57 Å². The molecule has 0 aromatic heterocycles. The lowest BCUT2D eigenvalue weighted by Crippen LogP contribution is -2.57. The van der Waals surface area contributed by atoms with Gasteiger partial charge >= 0.3 is 0 Å². The molecule has 0 amide bonds. The van der Waals surface area contributed by atoms with Crippen LogP contribution in [0.25, 0.3) is 0 Å². The van der Waals surface area contributed by atoms with Crippen LogP contribution in [0, 0.1) is 34.5 Å². The van der Waals surface area contributed by atoms with Gasteiger partial charge in [-0.3, -0.25) is 4.79 Å². The molecule has 6 nitrogen and oxygen atoms in total. The molecule has 6 rings (SSSR count). The fraction of sp³-hybridized carbons (Fsp3) is 0.828. The second-order valence-corrected chi connectivity index (χ2v) is 13.2. The van der Waals surface area contributed by atoms with Gasteiger partial charge in [0.2, 0.25) is 0 Å². The molecule has 0 radical (unpaired) electrons. The summed E-state index contributed by atoms with van der Waals surface area (Å²) in [5, 5.41) is 32.8.